The lowest BCUT2D eigenvalue weighted by atomic mass is 9.79. The van der Waals surface area contributed by atoms with Gasteiger partial charge in [-0.05, 0) is 79.3 Å². The number of rotatable bonds is 9. The smallest absolute Gasteiger partial charge is 0.335 e. The standard InChI is InChI=1S/C32H30O7/c1-8-29(34)37-26-15-18(4)24(13-20(26)6)32(23-12-11-22(33)17-28(23)39-31(36)10-3)25-14-21(7)27(16-19(25)5)38-30(35)9-2/h8-17,32-33H,1-3H2,4-7H3. The van der Waals surface area contributed by atoms with Gasteiger partial charge >= 0.3 is 17.9 Å². The molecule has 0 unspecified atom stereocenters. The van der Waals surface area contributed by atoms with Gasteiger partial charge in [0.25, 0.3) is 0 Å². The number of ether oxygens (including phenoxy) is 3. The number of hydrogen-bond donors (Lipinski definition) is 1. The molecule has 0 aliphatic carbocycles. The molecular weight excluding hydrogens is 496 g/mol. The molecule has 3 aromatic rings. The lowest BCUT2D eigenvalue weighted by molar-refractivity contribution is -0.129. The maximum absolute atomic E-state index is 12.2. The number of benzene rings is 3. The molecular formula is C32H30O7. The molecule has 0 radical (unpaired) electrons. The summed E-state index contributed by atoms with van der Waals surface area (Å²) in [6.07, 6.45) is 3.23. The summed E-state index contributed by atoms with van der Waals surface area (Å²) < 4.78 is 16.4. The fourth-order valence-corrected chi connectivity index (χ4v) is 4.27. The highest BCUT2D eigenvalue weighted by Gasteiger charge is 2.27. The van der Waals surface area contributed by atoms with E-state index in [9.17, 15) is 19.5 Å². The average molecular weight is 527 g/mol. The minimum atomic E-state index is -0.681. The number of esters is 3. The Bertz CT molecular complexity index is 1420. The van der Waals surface area contributed by atoms with Gasteiger partial charge < -0.3 is 19.3 Å². The minimum absolute atomic E-state index is 0.0801. The zero-order valence-corrected chi connectivity index (χ0v) is 22.4. The third-order valence-corrected chi connectivity index (χ3v) is 6.19. The summed E-state index contributed by atoms with van der Waals surface area (Å²) in [6.45, 7) is 17.8. The average Bonchev–Trinajstić information content (AvgIpc) is 2.90. The van der Waals surface area contributed by atoms with Crippen molar-refractivity contribution in [2.75, 3.05) is 0 Å². The largest absolute Gasteiger partial charge is 0.508 e. The van der Waals surface area contributed by atoms with Crippen LogP contribution >= 0.6 is 0 Å². The van der Waals surface area contributed by atoms with Crippen molar-refractivity contribution in [2.45, 2.75) is 33.6 Å². The van der Waals surface area contributed by atoms with Gasteiger partial charge in [-0.3, -0.25) is 0 Å². The predicted molar refractivity (Wildman–Crippen MR) is 148 cm³/mol. The molecule has 7 heteroatoms. The Hall–Kier alpha value is -4.91. The highest BCUT2D eigenvalue weighted by atomic mass is 16.5. The van der Waals surface area contributed by atoms with E-state index in [1.54, 1.807) is 18.2 Å². The lowest BCUT2D eigenvalue weighted by Crippen LogP contribution is -2.13. The van der Waals surface area contributed by atoms with E-state index in [1.165, 1.54) is 12.1 Å². The van der Waals surface area contributed by atoms with Crippen molar-refractivity contribution in [3.05, 3.63) is 119 Å². The Morgan fingerprint density at radius 1 is 0.615 bits per heavy atom. The molecule has 0 spiro atoms. The van der Waals surface area contributed by atoms with Crippen molar-refractivity contribution in [1.82, 2.24) is 0 Å². The summed E-state index contributed by atoms with van der Waals surface area (Å²) in [5, 5.41) is 10.2. The zero-order valence-electron chi connectivity index (χ0n) is 22.4. The van der Waals surface area contributed by atoms with Crippen molar-refractivity contribution < 1.29 is 33.7 Å². The molecule has 200 valence electrons. The SMILES string of the molecule is C=CC(=O)Oc1cc(C)c(C(c2cc(C)c(OC(=O)C=C)cc2C)c2ccc(O)cc2OC(=O)C=C)cc1C. The van der Waals surface area contributed by atoms with Gasteiger partial charge in [-0.2, -0.15) is 0 Å². The summed E-state index contributed by atoms with van der Waals surface area (Å²) in [6, 6.07) is 11.9. The van der Waals surface area contributed by atoms with Crippen molar-refractivity contribution in [3.63, 3.8) is 0 Å². The van der Waals surface area contributed by atoms with E-state index in [2.05, 4.69) is 19.7 Å². The van der Waals surface area contributed by atoms with Crippen molar-refractivity contribution in [3.8, 4) is 23.0 Å². The van der Waals surface area contributed by atoms with E-state index in [-0.39, 0.29) is 11.5 Å². The Balaban J connectivity index is 2.32. The Kier molecular flexibility index (Phi) is 8.88. The van der Waals surface area contributed by atoms with Gasteiger partial charge in [-0.15, -0.1) is 0 Å². The van der Waals surface area contributed by atoms with Crippen LogP contribution in [0.4, 0.5) is 0 Å². The highest BCUT2D eigenvalue weighted by Crippen LogP contribution is 2.43. The van der Waals surface area contributed by atoms with Gasteiger partial charge in [0.05, 0.1) is 0 Å². The van der Waals surface area contributed by atoms with Crippen LogP contribution in [-0.4, -0.2) is 23.0 Å². The molecule has 3 rings (SSSR count). The molecule has 0 atom stereocenters. The first-order valence-electron chi connectivity index (χ1n) is 12.1. The molecule has 0 bridgehead atoms. The lowest BCUT2D eigenvalue weighted by Gasteiger charge is -2.26. The molecule has 0 heterocycles. The third-order valence-electron chi connectivity index (χ3n) is 6.19. The maximum Gasteiger partial charge on any atom is 0.335 e. The first-order chi connectivity index (χ1) is 18.5. The first kappa shape index (κ1) is 28.7. The summed E-state index contributed by atoms with van der Waals surface area (Å²) in [4.78, 5) is 35.9. The zero-order chi connectivity index (χ0) is 28.9. The molecule has 0 saturated carbocycles. The Morgan fingerprint density at radius 3 is 1.44 bits per heavy atom. The molecule has 3 aromatic carbocycles. The molecule has 39 heavy (non-hydrogen) atoms. The molecule has 0 fully saturated rings. The quantitative estimate of drug-likeness (QED) is 0.156. The van der Waals surface area contributed by atoms with Crippen LogP contribution in [0.25, 0.3) is 0 Å². The number of hydrogen-bond acceptors (Lipinski definition) is 7. The summed E-state index contributed by atoms with van der Waals surface area (Å²) in [5.74, 6) is -1.47. The van der Waals surface area contributed by atoms with Gasteiger partial charge in [-0.1, -0.05) is 37.9 Å². The highest BCUT2D eigenvalue weighted by molar-refractivity contribution is 5.85. The van der Waals surface area contributed by atoms with Crippen molar-refractivity contribution in [1.29, 1.82) is 0 Å². The molecule has 0 amide bonds. The van der Waals surface area contributed by atoms with Crippen molar-refractivity contribution >= 4 is 17.9 Å². The van der Waals surface area contributed by atoms with E-state index in [4.69, 9.17) is 14.2 Å². The third kappa shape index (κ3) is 6.51. The van der Waals surface area contributed by atoms with E-state index in [0.717, 1.165) is 40.5 Å². The number of phenolic OH excluding ortho intramolecular Hbond substituents is 1. The maximum atomic E-state index is 12.2. The number of aromatic hydroxyl groups is 1. The Labute approximate surface area is 227 Å². The van der Waals surface area contributed by atoms with Crippen LogP contribution in [0, 0.1) is 27.7 Å². The first-order valence-corrected chi connectivity index (χ1v) is 12.1. The van der Waals surface area contributed by atoms with Crippen LogP contribution in [0.1, 0.15) is 44.9 Å². The second-order valence-electron chi connectivity index (χ2n) is 8.98. The van der Waals surface area contributed by atoms with Gasteiger partial charge in [0.2, 0.25) is 0 Å². The molecule has 0 saturated heterocycles. The van der Waals surface area contributed by atoms with Crippen LogP contribution in [0.2, 0.25) is 0 Å². The van der Waals surface area contributed by atoms with E-state index in [1.807, 2.05) is 39.8 Å². The van der Waals surface area contributed by atoms with Crippen LogP contribution in [0.5, 0.6) is 23.0 Å². The van der Waals surface area contributed by atoms with Crippen molar-refractivity contribution in [2.24, 2.45) is 0 Å². The fraction of sp³-hybridized carbons (Fsp3) is 0.156. The molecule has 0 aromatic heterocycles. The summed E-state index contributed by atoms with van der Waals surface area (Å²) >= 11 is 0. The number of carbonyl (C=O) groups excluding carboxylic acids is 3. The van der Waals surface area contributed by atoms with Gasteiger partial charge in [0.15, 0.2) is 0 Å². The molecule has 0 aliphatic rings. The monoisotopic (exact) mass is 526 g/mol. The second-order valence-corrected chi connectivity index (χ2v) is 8.98. The van der Waals surface area contributed by atoms with Gasteiger partial charge in [-0.25, -0.2) is 14.4 Å². The van der Waals surface area contributed by atoms with Crippen LogP contribution in [0.3, 0.4) is 0 Å². The topological polar surface area (TPSA) is 99.1 Å². The minimum Gasteiger partial charge on any atom is -0.508 e. The molecule has 0 aliphatic heterocycles. The van der Waals surface area contributed by atoms with Crippen LogP contribution < -0.4 is 14.2 Å². The van der Waals surface area contributed by atoms with E-state index >= 15 is 0 Å². The summed E-state index contributed by atoms with van der Waals surface area (Å²) in [5.41, 5.74) is 5.27. The normalized spacial score (nSPS) is 10.5. The second kappa shape index (κ2) is 12.1. The fourth-order valence-electron chi connectivity index (χ4n) is 4.27. The number of aryl methyl sites for hydroxylation is 4. The molecule has 1 N–H and O–H groups in total. The number of phenols is 1. The summed E-state index contributed by atoms with van der Waals surface area (Å²) in [7, 11) is 0. The number of carbonyl (C=O) groups is 3. The van der Waals surface area contributed by atoms with Crippen LogP contribution in [-0.2, 0) is 14.4 Å². The van der Waals surface area contributed by atoms with E-state index in [0.29, 0.717) is 28.2 Å². The van der Waals surface area contributed by atoms with E-state index < -0.39 is 23.8 Å². The molecule has 7 nitrogen and oxygen atoms in total. The van der Waals surface area contributed by atoms with Crippen LogP contribution in [0.15, 0.2) is 80.4 Å². The van der Waals surface area contributed by atoms with Gasteiger partial charge in [0.1, 0.15) is 23.0 Å². The predicted octanol–water partition coefficient (Wildman–Crippen LogP) is 6.08. The Morgan fingerprint density at radius 2 is 1.03 bits per heavy atom. The van der Waals surface area contributed by atoms with Gasteiger partial charge in [0, 0.05) is 35.8 Å².